The molecule has 28 heavy (non-hydrogen) atoms. The minimum absolute atomic E-state index is 0.0440. The van der Waals surface area contributed by atoms with Crippen molar-refractivity contribution >= 4 is 22.8 Å². The molecule has 3 atom stereocenters. The van der Waals surface area contributed by atoms with Crippen LogP contribution in [0.4, 0.5) is 0 Å². The van der Waals surface area contributed by atoms with Crippen LogP contribution in [0.25, 0.3) is 10.9 Å². The predicted molar refractivity (Wildman–Crippen MR) is 104 cm³/mol. The normalized spacial score (nSPS) is 20.7. The van der Waals surface area contributed by atoms with E-state index in [2.05, 4.69) is 4.98 Å². The number of aryl methyl sites for hydroxylation is 1. The van der Waals surface area contributed by atoms with E-state index < -0.39 is 12.1 Å². The number of carbonyl (C=O) groups excluding carboxylic acids is 2. The molecule has 0 unspecified atom stereocenters. The van der Waals surface area contributed by atoms with Crippen LogP contribution in [0.3, 0.4) is 0 Å². The SMILES string of the molecule is COc1ccc2nc(C)c(C(=O)O[C@@H](C)C(=O)N3C[C@@H](C)O[C@@H](C)C3)cc2c1. The quantitative estimate of drug-likeness (QED) is 0.752. The van der Waals surface area contributed by atoms with Crippen LogP contribution >= 0.6 is 0 Å². The van der Waals surface area contributed by atoms with Gasteiger partial charge in [-0.3, -0.25) is 9.78 Å². The van der Waals surface area contributed by atoms with E-state index in [1.54, 1.807) is 31.9 Å². The number of benzene rings is 1. The van der Waals surface area contributed by atoms with Crippen molar-refractivity contribution in [2.45, 2.75) is 46.0 Å². The molecule has 2 heterocycles. The molecule has 0 radical (unpaired) electrons. The van der Waals surface area contributed by atoms with Gasteiger partial charge in [0.1, 0.15) is 5.75 Å². The molecule has 1 aliphatic heterocycles. The van der Waals surface area contributed by atoms with Crippen molar-refractivity contribution in [1.29, 1.82) is 0 Å². The molecule has 0 N–H and O–H groups in total. The number of rotatable bonds is 4. The van der Waals surface area contributed by atoms with Crippen molar-refractivity contribution in [2.75, 3.05) is 20.2 Å². The van der Waals surface area contributed by atoms with Crippen molar-refractivity contribution in [3.05, 3.63) is 35.5 Å². The van der Waals surface area contributed by atoms with Gasteiger partial charge in [-0.15, -0.1) is 0 Å². The first-order valence-electron chi connectivity index (χ1n) is 9.39. The molecule has 0 aliphatic carbocycles. The zero-order valence-electron chi connectivity index (χ0n) is 16.9. The van der Waals surface area contributed by atoms with Crippen LogP contribution in [0, 0.1) is 6.92 Å². The van der Waals surface area contributed by atoms with Crippen molar-refractivity contribution in [1.82, 2.24) is 9.88 Å². The maximum atomic E-state index is 12.7. The number of ether oxygens (including phenoxy) is 3. The average Bonchev–Trinajstić information content (AvgIpc) is 2.65. The number of hydrogen-bond donors (Lipinski definition) is 0. The van der Waals surface area contributed by atoms with Crippen LogP contribution < -0.4 is 4.74 Å². The molecule has 1 fully saturated rings. The summed E-state index contributed by atoms with van der Waals surface area (Å²) >= 11 is 0. The number of methoxy groups -OCH3 is 1. The Bertz CT molecular complexity index is 888. The van der Waals surface area contributed by atoms with Gasteiger partial charge in [-0.1, -0.05) is 0 Å². The Balaban J connectivity index is 1.76. The third kappa shape index (κ3) is 4.25. The predicted octanol–water partition coefficient (Wildman–Crippen LogP) is 2.73. The number of nitrogens with zero attached hydrogens (tertiary/aromatic N) is 2. The Morgan fingerprint density at radius 2 is 1.89 bits per heavy atom. The molecule has 0 bridgehead atoms. The summed E-state index contributed by atoms with van der Waals surface area (Å²) in [5, 5.41) is 0.770. The number of carbonyl (C=O) groups is 2. The molecule has 1 saturated heterocycles. The highest BCUT2D eigenvalue weighted by atomic mass is 16.5. The van der Waals surface area contributed by atoms with Crippen LogP contribution in [-0.2, 0) is 14.3 Å². The van der Waals surface area contributed by atoms with Crippen LogP contribution in [-0.4, -0.2) is 60.3 Å². The third-order valence-corrected chi connectivity index (χ3v) is 4.80. The number of hydrogen-bond acceptors (Lipinski definition) is 6. The Kier molecular flexibility index (Phi) is 5.84. The zero-order valence-corrected chi connectivity index (χ0v) is 16.9. The summed E-state index contributed by atoms with van der Waals surface area (Å²) in [6.45, 7) is 8.16. The van der Waals surface area contributed by atoms with Gasteiger partial charge in [-0.25, -0.2) is 4.79 Å². The van der Waals surface area contributed by atoms with Crippen molar-refractivity contribution in [3.63, 3.8) is 0 Å². The first kappa shape index (κ1) is 20.1. The molecule has 7 nitrogen and oxygen atoms in total. The average molecular weight is 386 g/mol. The lowest BCUT2D eigenvalue weighted by Gasteiger charge is -2.36. The molecule has 3 rings (SSSR count). The fourth-order valence-corrected chi connectivity index (χ4v) is 3.47. The summed E-state index contributed by atoms with van der Waals surface area (Å²) in [5.41, 5.74) is 1.65. The molecular formula is C21H26N2O5. The van der Waals surface area contributed by atoms with E-state index in [0.717, 1.165) is 10.9 Å². The maximum Gasteiger partial charge on any atom is 0.340 e. The van der Waals surface area contributed by atoms with E-state index >= 15 is 0 Å². The second kappa shape index (κ2) is 8.14. The summed E-state index contributed by atoms with van der Waals surface area (Å²) in [6, 6.07) is 7.18. The fourth-order valence-electron chi connectivity index (χ4n) is 3.47. The molecule has 1 amide bonds. The number of esters is 1. The van der Waals surface area contributed by atoms with E-state index in [-0.39, 0.29) is 18.1 Å². The monoisotopic (exact) mass is 386 g/mol. The molecule has 1 aliphatic rings. The Morgan fingerprint density at radius 3 is 2.54 bits per heavy atom. The summed E-state index contributed by atoms with van der Waals surface area (Å²) in [7, 11) is 1.58. The molecule has 7 heteroatoms. The molecular weight excluding hydrogens is 360 g/mol. The van der Waals surface area contributed by atoms with Gasteiger partial charge in [-0.2, -0.15) is 0 Å². The molecule has 1 aromatic heterocycles. The first-order chi connectivity index (χ1) is 13.3. The Hall–Kier alpha value is -2.67. The van der Waals surface area contributed by atoms with E-state index in [9.17, 15) is 9.59 Å². The number of fused-ring (bicyclic) bond motifs is 1. The van der Waals surface area contributed by atoms with E-state index in [0.29, 0.717) is 30.1 Å². The summed E-state index contributed by atoms with van der Waals surface area (Å²) in [5.74, 6) is -0.107. The van der Waals surface area contributed by atoms with Crippen molar-refractivity contribution < 1.29 is 23.8 Å². The van der Waals surface area contributed by atoms with Crippen molar-refractivity contribution in [3.8, 4) is 5.75 Å². The lowest BCUT2D eigenvalue weighted by molar-refractivity contribution is -0.151. The van der Waals surface area contributed by atoms with Crippen LogP contribution in [0.5, 0.6) is 5.75 Å². The van der Waals surface area contributed by atoms with E-state index in [4.69, 9.17) is 14.2 Å². The molecule has 0 spiro atoms. The highest BCUT2D eigenvalue weighted by Crippen LogP contribution is 2.23. The van der Waals surface area contributed by atoms with Crippen LogP contribution in [0.2, 0.25) is 0 Å². The molecule has 2 aromatic rings. The minimum atomic E-state index is -0.884. The van der Waals surface area contributed by atoms with Gasteiger partial charge in [0.05, 0.1) is 36.1 Å². The van der Waals surface area contributed by atoms with Gasteiger partial charge >= 0.3 is 5.97 Å². The van der Waals surface area contributed by atoms with Crippen LogP contribution in [0.1, 0.15) is 36.8 Å². The number of pyridine rings is 1. The first-order valence-corrected chi connectivity index (χ1v) is 9.39. The Morgan fingerprint density at radius 1 is 1.21 bits per heavy atom. The zero-order chi connectivity index (χ0) is 20.4. The fraction of sp³-hybridized carbons (Fsp3) is 0.476. The highest BCUT2D eigenvalue weighted by molar-refractivity contribution is 5.96. The number of morpholine rings is 1. The number of aromatic nitrogens is 1. The third-order valence-electron chi connectivity index (χ3n) is 4.80. The topological polar surface area (TPSA) is 78.0 Å². The van der Waals surface area contributed by atoms with Gasteiger partial charge in [0.25, 0.3) is 5.91 Å². The second-order valence-corrected chi connectivity index (χ2v) is 7.23. The molecule has 150 valence electrons. The van der Waals surface area contributed by atoms with Gasteiger partial charge in [-0.05, 0) is 52.0 Å². The lowest BCUT2D eigenvalue weighted by Crippen LogP contribution is -2.51. The van der Waals surface area contributed by atoms with E-state index in [1.807, 2.05) is 32.0 Å². The lowest BCUT2D eigenvalue weighted by atomic mass is 10.1. The van der Waals surface area contributed by atoms with Gasteiger partial charge in [0, 0.05) is 18.5 Å². The number of amides is 1. The smallest absolute Gasteiger partial charge is 0.340 e. The highest BCUT2D eigenvalue weighted by Gasteiger charge is 2.31. The summed E-state index contributed by atoms with van der Waals surface area (Å²) in [6.07, 6.45) is -0.972. The minimum Gasteiger partial charge on any atom is -0.497 e. The summed E-state index contributed by atoms with van der Waals surface area (Å²) < 4.78 is 16.3. The van der Waals surface area contributed by atoms with Gasteiger partial charge in [0.15, 0.2) is 6.10 Å². The summed E-state index contributed by atoms with van der Waals surface area (Å²) in [4.78, 5) is 31.6. The second-order valence-electron chi connectivity index (χ2n) is 7.23. The van der Waals surface area contributed by atoms with Gasteiger partial charge in [0.2, 0.25) is 0 Å². The standard InChI is InChI=1S/C21H26N2O5/c1-12-10-23(11-13(2)27-12)20(24)15(4)28-21(25)18-9-16-8-17(26-5)6-7-19(16)22-14(18)3/h6-9,12-13,15H,10-11H2,1-5H3/t12-,13+,15-/m0/s1. The van der Waals surface area contributed by atoms with Crippen molar-refractivity contribution in [2.24, 2.45) is 0 Å². The van der Waals surface area contributed by atoms with E-state index in [1.165, 1.54) is 0 Å². The van der Waals surface area contributed by atoms with Crippen LogP contribution in [0.15, 0.2) is 24.3 Å². The molecule has 0 saturated carbocycles. The Labute approximate surface area is 164 Å². The molecule has 1 aromatic carbocycles. The van der Waals surface area contributed by atoms with Gasteiger partial charge < -0.3 is 19.1 Å². The largest absolute Gasteiger partial charge is 0.497 e. The maximum absolute atomic E-state index is 12.7.